The Labute approximate surface area is 104 Å². The highest BCUT2D eigenvalue weighted by Gasteiger charge is 2.29. The number of rotatable bonds is 2. The Bertz CT molecular complexity index is 423. The van der Waals surface area contributed by atoms with Gasteiger partial charge in [-0.2, -0.15) is 13.2 Å². The largest absolute Gasteiger partial charge is 0.440 e. The van der Waals surface area contributed by atoms with Crippen LogP contribution in [0, 0.1) is 0 Å². The van der Waals surface area contributed by atoms with Gasteiger partial charge in [0.25, 0.3) is 0 Å². The van der Waals surface area contributed by atoms with E-state index in [0.29, 0.717) is 19.6 Å². The van der Waals surface area contributed by atoms with Crippen molar-refractivity contribution in [1.29, 1.82) is 0 Å². The number of alkyl halides is 3. The van der Waals surface area contributed by atoms with Crippen LogP contribution in [0.15, 0.2) is 0 Å². The highest BCUT2D eigenvalue weighted by atomic mass is 32.1. The lowest BCUT2D eigenvalue weighted by atomic mass is 10.2. The fraction of sp³-hybridized carbons (Fsp3) is 0.556. The molecule has 9 heteroatoms. The van der Waals surface area contributed by atoms with Gasteiger partial charge in [0.1, 0.15) is 0 Å². The number of carbonyl (C=O) groups is 1. The van der Waals surface area contributed by atoms with Crippen molar-refractivity contribution >= 4 is 22.6 Å². The number of nitrogens with zero attached hydrogens (tertiary/aromatic N) is 1. The van der Waals surface area contributed by atoms with Gasteiger partial charge in [-0.05, 0) is 0 Å². The summed E-state index contributed by atoms with van der Waals surface area (Å²) in [4.78, 5) is 16.0. The molecule has 1 aliphatic heterocycles. The molecular weight excluding hydrogens is 273 g/mol. The summed E-state index contributed by atoms with van der Waals surface area (Å²) in [6, 6.07) is 0. The molecule has 1 N–H and O–H groups in total. The smallest absolute Gasteiger partial charge is 0.422 e. The zero-order chi connectivity index (χ0) is 13.2. The van der Waals surface area contributed by atoms with Gasteiger partial charge in [0.05, 0.1) is 23.8 Å². The second-order valence-electron chi connectivity index (χ2n) is 3.51. The second-order valence-corrected chi connectivity index (χ2v) is 4.59. The molecular formula is C9H9F3N2O3S. The topological polar surface area (TPSA) is 60.5 Å². The van der Waals surface area contributed by atoms with E-state index in [1.165, 1.54) is 11.3 Å². The average Bonchev–Trinajstić information content (AvgIpc) is 2.67. The molecule has 1 aromatic heterocycles. The van der Waals surface area contributed by atoms with Crippen molar-refractivity contribution in [3.8, 4) is 0 Å². The van der Waals surface area contributed by atoms with E-state index in [0.717, 1.165) is 10.6 Å². The fourth-order valence-corrected chi connectivity index (χ4v) is 2.28. The first-order valence-electron chi connectivity index (χ1n) is 5.01. The molecule has 1 amide bonds. The Kier molecular flexibility index (Phi) is 3.71. The number of amides is 1. The summed E-state index contributed by atoms with van der Waals surface area (Å²) in [7, 11) is 0. The van der Waals surface area contributed by atoms with Crippen LogP contribution >= 0.6 is 11.3 Å². The van der Waals surface area contributed by atoms with Crippen molar-refractivity contribution in [2.45, 2.75) is 19.2 Å². The zero-order valence-corrected chi connectivity index (χ0v) is 9.86. The summed E-state index contributed by atoms with van der Waals surface area (Å²) in [6.07, 6.45) is -5.07. The van der Waals surface area contributed by atoms with Gasteiger partial charge in [-0.25, -0.2) is 9.78 Å². The van der Waals surface area contributed by atoms with Crippen LogP contribution in [-0.4, -0.2) is 30.5 Å². The predicted molar refractivity (Wildman–Crippen MR) is 56.5 cm³/mol. The minimum atomic E-state index is -4.53. The lowest BCUT2D eigenvalue weighted by Crippen LogP contribution is -2.23. The molecule has 0 bridgehead atoms. The van der Waals surface area contributed by atoms with Gasteiger partial charge in [-0.15, -0.1) is 0 Å². The number of thiazole rings is 1. The predicted octanol–water partition coefficient (Wildman–Crippen LogP) is 2.33. The molecule has 0 aromatic carbocycles. The van der Waals surface area contributed by atoms with E-state index in [-0.39, 0.29) is 5.13 Å². The Morgan fingerprint density at radius 1 is 1.56 bits per heavy atom. The molecule has 18 heavy (non-hydrogen) atoms. The van der Waals surface area contributed by atoms with Crippen molar-refractivity contribution in [3.63, 3.8) is 0 Å². The molecule has 0 aliphatic carbocycles. The number of halogens is 3. The first-order valence-corrected chi connectivity index (χ1v) is 5.82. The number of fused-ring (bicyclic) bond motifs is 1. The van der Waals surface area contributed by atoms with Gasteiger partial charge in [-0.1, -0.05) is 11.3 Å². The second kappa shape index (κ2) is 5.11. The third-order valence-electron chi connectivity index (χ3n) is 2.07. The maximum absolute atomic E-state index is 11.8. The van der Waals surface area contributed by atoms with Gasteiger partial charge in [0, 0.05) is 6.42 Å². The zero-order valence-electron chi connectivity index (χ0n) is 9.04. The maximum Gasteiger partial charge on any atom is 0.422 e. The molecule has 1 aromatic rings. The van der Waals surface area contributed by atoms with Gasteiger partial charge in [0.15, 0.2) is 11.7 Å². The highest BCUT2D eigenvalue weighted by Crippen LogP contribution is 2.27. The fourth-order valence-electron chi connectivity index (χ4n) is 1.35. The molecule has 0 unspecified atom stereocenters. The van der Waals surface area contributed by atoms with E-state index in [9.17, 15) is 18.0 Å². The van der Waals surface area contributed by atoms with E-state index in [4.69, 9.17) is 4.74 Å². The minimum Gasteiger partial charge on any atom is -0.440 e. The highest BCUT2D eigenvalue weighted by molar-refractivity contribution is 7.15. The summed E-state index contributed by atoms with van der Waals surface area (Å²) in [5, 5.41) is 2.38. The monoisotopic (exact) mass is 282 g/mol. The molecule has 0 spiro atoms. The van der Waals surface area contributed by atoms with Crippen molar-refractivity contribution < 1.29 is 27.4 Å². The third kappa shape index (κ3) is 3.57. The van der Waals surface area contributed by atoms with Crippen molar-refractivity contribution in [3.05, 3.63) is 10.6 Å². The number of nitrogens with one attached hydrogen (secondary N) is 1. The number of hydrogen-bond donors (Lipinski definition) is 1. The molecule has 1 aliphatic rings. The number of carbonyl (C=O) groups excluding carboxylic acids is 1. The number of ether oxygens (including phenoxy) is 2. The molecule has 0 saturated heterocycles. The lowest BCUT2D eigenvalue weighted by Gasteiger charge is -2.08. The normalized spacial score (nSPS) is 15.1. The van der Waals surface area contributed by atoms with Crippen molar-refractivity contribution in [2.75, 3.05) is 18.5 Å². The van der Waals surface area contributed by atoms with E-state index in [1.807, 2.05) is 0 Å². The molecule has 0 radical (unpaired) electrons. The van der Waals surface area contributed by atoms with Crippen LogP contribution in [0.5, 0.6) is 0 Å². The van der Waals surface area contributed by atoms with Gasteiger partial charge in [0.2, 0.25) is 0 Å². The van der Waals surface area contributed by atoms with Crippen LogP contribution < -0.4 is 5.32 Å². The molecule has 100 valence electrons. The molecule has 2 rings (SSSR count). The van der Waals surface area contributed by atoms with Crippen molar-refractivity contribution in [1.82, 2.24) is 4.98 Å². The molecule has 0 fully saturated rings. The summed E-state index contributed by atoms with van der Waals surface area (Å²) < 4.78 is 44.6. The van der Waals surface area contributed by atoms with E-state index >= 15 is 0 Å². The number of hydrogen-bond acceptors (Lipinski definition) is 5. The Morgan fingerprint density at radius 3 is 3.00 bits per heavy atom. The third-order valence-corrected chi connectivity index (χ3v) is 3.06. The van der Waals surface area contributed by atoms with Crippen molar-refractivity contribution in [2.24, 2.45) is 0 Å². The quantitative estimate of drug-likeness (QED) is 0.904. The van der Waals surface area contributed by atoms with E-state index < -0.39 is 18.9 Å². The van der Waals surface area contributed by atoms with Crippen LogP contribution in [0.4, 0.5) is 23.1 Å². The van der Waals surface area contributed by atoms with Crippen LogP contribution in [0.3, 0.4) is 0 Å². The van der Waals surface area contributed by atoms with Crippen LogP contribution in [0.25, 0.3) is 0 Å². The first kappa shape index (κ1) is 13.1. The molecule has 0 saturated carbocycles. The lowest BCUT2D eigenvalue weighted by molar-refractivity contribution is -0.159. The SMILES string of the molecule is O=C(Nc1nc2c(s1)COCC2)OCC(F)(F)F. The summed E-state index contributed by atoms with van der Waals surface area (Å²) in [6.45, 7) is -0.659. The Balaban J connectivity index is 1.89. The van der Waals surface area contributed by atoms with Gasteiger partial charge < -0.3 is 9.47 Å². The van der Waals surface area contributed by atoms with Gasteiger partial charge >= 0.3 is 12.3 Å². The standard InChI is InChI=1S/C9H9F3N2O3S/c10-9(11,12)4-17-8(15)14-7-13-5-1-2-16-3-6(5)18-7/h1-4H2,(H,13,14,15). The number of anilines is 1. The van der Waals surface area contributed by atoms with E-state index in [1.54, 1.807) is 0 Å². The van der Waals surface area contributed by atoms with Crippen LogP contribution in [0.1, 0.15) is 10.6 Å². The van der Waals surface area contributed by atoms with Gasteiger partial charge in [-0.3, -0.25) is 5.32 Å². The number of aromatic nitrogens is 1. The maximum atomic E-state index is 11.8. The summed E-state index contributed by atoms with van der Waals surface area (Å²) >= 11 is 1.17. The Hall–Kier alpha value is -1.35. The summed E-state index contributed by atoms with van der Waals surface area (Å²) in [5.74, 6) is 0. The van der Waals surface area contributed by atoms with E-state index in [2.05, 4.69) is 15.0 Å². The minimum absolute atomic E-state index is 0.220. The van der Waals surface area contributed by atoms with Crippen LogP contribution in [0.2, 0.25) is 0 Å². The molecule has 2 heterocycles. The average molecular weight is 282 g/mol. The van der Waals surface area contributed by atoms with Crippen LogP contribution in [-0.2, 0) is 22.5 Å². The first-order chi connectivity index (χ1) is 8.44. The Morgan fingerprint density at radius 2 is 2.33 bits per heavy atom. The summed E-state index contributed by atoms with van der Waals surface area (Å²) in [5.41, 5.74) is 0.803. The molecule has 0 atom stereocenters. The molecule has 5 nitrogen and oxygen atoms in total.